The van der Waals surface area contributed by atoms with Crippen LogP contribution in [0.1, 0.15) is 203 Å². The van der Waals surface area contributed by atoms with E-state index in [0.29, 0.717) is 47.3 Å². The van der Waals surface area contributed by atoms with Crippen LogP contribution in [0.3, 0.4) is 0 Å². The molecule has 0 saturated carbocycles. The van der Waals surface area contributed by atoms with E-state index in [0.717, 1.165) is 0 Å². The van der Waals surface area contributed by atoms with Crippen LogP contribution in [0.25, 0.3) is 129 Å². The highest BCUT2D eigenvalue weighted by Crippen LogP contribution is 2.37. The van der Waals surface area contributed by atoms with Crippen LogP contribution in [0.2, 0.25) is 0 Å². The Morgan fingerprint density at radius 2 is 0.375 bits per heavy atom. The van der Waals surface area contributed by atoms with E-state index < -0.39 is 0 Å². The van der Waals surface area contributed by atoms with E-state index in [1.54, 1.807) is 0 Å². The number of benzene rings is 20. The maximum atomic E-state index is 2.34. The standard InChI is InChI=1S/5C17H16.2C13H14.C9H12/c1-12(2)17-15-9-5-3-7-13(15)11-14-8-4-6-10-16(14)17;1-12(2)16-9-5-8-15-10-13-6-3-4-7-14(13)11-17(15)16;1-12(2)13-7-8-16-10-14-5-3-4-6-15(14)11-17(16)9-13;1-12(2)14-9-10-17-15(11-14)8-7-13-5-3-4-6-16(13)17;1-12(2)15-10-9-14-8-7-13-5-3-4-6-16(13)17(14)11-15;1-10(2)12-9-5-7-11-6-3-4-8-13(11)12;1-10(2)12-8-7-11-5-3-4-6-13(11)9-12;1-8(2)9-6-4-3-5-7-9/h5*3-12H,1-2H3;2*3-10H,1-2H3;3-8H,1-2H3. The molecule has 0 nitrogen and oxygen atoms in total. The minimum atomic E-state index is 0.547. The van der Waals surface area contributed by atoms with E-state index in [-0.39, 0.29) is 0 Å². The maximum absolute atomic E-state index is 2.34. The molecule has 0 unspecified atom stereocenters. The van der Waals surface area contributed by atoms with Gasteiger partial charge < -0.3 is 0 Å². The van der Waals surface area contributed by atoms with Crippen LogP contribution in [-0.2, 0) is 0 Å². The van der Waals surface area contributed by atoms with Gasteiger partial charge in [-0.25, -0.2) is 0 Å². The van der Waals surface area contributed by atoms with Crippen molar-refractivity contribution in [3.05, 3.63) is 433 Å². The van der Waals surface area contributed by atoms with Crippen molar-refractivity contribution in [2.24, 2.45) is 0 Å². The maximum Gasteiger partial charge on any atom is -0.0103 e. The fourth-order valence-electron chi connectivity index (χ4n) is 16.4. The van der Waals surface area contributed by atoms with Crippen molar-refractivity contribution < 1.29 is 0 Å². The molecule has 0 aromatic heterocycles. The molecule has 0 fully saturated rings. The van der Waals surface area contributed by atoms with Crippen LogP contribution in [0.5, 0.6) is 0 Å². The molecule has 0 radical (unpaired) electrons. The predicted molar refractivity (Wildman–Crippen MR) is 534 cm³/mol. The summed E-state index contributed by atoms with van der Waals surface area (Å²) in [6.07, 6.45) is 0. The molecule has 120 heavy (non-hydrogen) atoms. The van der Waals surface area contributed by atoms with Gasteiger partial charge in [-0.15, -0.1) is 0 Å². The van der Waals surface area contributed by atoms with Gasteiger partial charge in [-0.1, -0.05) is 469 Å². The van der Waals surface area contributed by atoms with E-state index in [1.165, 1.54) is 174 Å². The van der Waals surface area contributed by atoms with Gasteiger partial charge in [0.25, 0.3) is 0 Å². The van der Waals surface area contributed by atoms with Gasteiger partial charge >= 0.3 is 0 Å². The van der Waals surface area contributed by atoms with Gasteiger partial charge in [-0.3, -0.25) is 0 Å². The minimum absolute atomic E-state index is 0.547. The lowest BCUT2D eigenvalue weighted by atomic mass is 9.90. The van der Waals surface area contributed by atoms with Gasteiger partial charge in [0, 0.05) is 0 Å². The van der Waals surface area contributed by atoms with Crippen LogP contribution in [0.4, 0.5) is 0 Å². The largest absolute Gasteiger partial charge is 0.0622 e. The molecule has 0 heteroatoms. The lowest BCUT2D eigenvalue weighted by molar-refractivity contribution is 0.867. The number of fused-ring (bicyclic) bond motifs is 14. The summed E-state index contributed by atoms with van der Waals surface area (Å²) >= 11 is 0. The van der Waals surface area contributed by atoms with Crippen molar-refractivity contribution >= 4 is 129 Å². The third-order valence-electron chi connectivity index (χ3n) is 23.4. The Morgan fingerprint density at radius 3 is 0.850 bits per heavy atom. The second kappa shape index (κ2) is 40.3. The molecule has 0 spiro atoms. The van der Waals surface area contributed by atoms with Crippen molar-refractivity contribution in [1.82, 2.24) is 0 Å². The first-order valence-corrected chi connectivity index (χ1v) is 43.7. The van der Waals surface area contributed by atoms with Crippen LogP contribution < -0.4 is 0 Å². The molecular weight excluding hydrogens is 1440 g/mol. The van der Waals surface area contributed by atoms with Gasteiger partial charge in [0.05, 0.1) is 0 Å². The van der Waals surface area contributed by atoms with Gasteiger partial charge in [0.2, 0.25) is 0 Å². The summed E-state index contributed by atoms with van der Waals surface area (Å²) in [5.74, 6) is 4.75. The third kappa shape index (κ3) is 21.1. The molecule has 0 bridgehead atoms. The van der Waals surface area contributed by atoms with E-state index in [1.807, 2.05) is 6.07 Å². The Morgan fingerprint density at radius 1 is 0.117 bits per heavy atom. The predicted octanol–water partition coefficient (Wildman–Crippen LogP) is 36.3. The molecule has 600 valence electrons. The first-order valence-electron chi connectivity index (χ1n) is 43.7. The van der Waals surface area contributed by atoms with E-state index in [2.05, 4.69) is 493 Å². The quantitative estimate of drug-likeness (QED) is 0.105. The van der Waals surface area contributed by atoms with Crippen LogP contribution in [0.15, 0.2) is 388 Å². The summed E-state index contributed by atoms with van der Waals surface area (Å²) in [5, 5.41) is 32.3. The fourth-order valence-corrected chi connectivity index (χ4v) is 16.4. The summed E-state index contributed by atoms with van der Waals surface area (Å²) < 4.78 is 0. The molecule has 0 heterocycles. The molecule has 0 aliphatic carbocycles. The van der Waals surface area contributed by atoms with E-state index in [4.69, 9.17) is 0 Å². The average Bonchev–Trinajstić information content (AvgIpc) is 0.773. The van der Waals surface area contributed by atoms with E-state index >= 15 is 0 Å². The Labute approximate surface area is 715 Å². The van der Waals surface area contributed by atoms with Gasteiger partial charge in [0.1, 0.15) is 0 Å². The summed E-state index contributed by atoms with van der Waals surface area (Å²) in [6, 6.07) is 140. The zero-order chi connectivity index (χ0) is 84.3. The topological polar surface area (TPSA) is 0 Å². The van der Waals surface area contributed by atoms with Crippen molar-refractivity contribution in [3.63, 3.8) is 0 Å². The molecule has 0 atom stereocenters. The second-order valence-corrected chi connectivity index (χ2v) is 34.7. The highest BCUT2D eigenvalue weighted by molar-refractivity contribution is 6.09. The number of rotatable bonds is 8. The summed E-state index contributed by atoms with van der Waals surface area (Å²) in [7, 11) is 0. The fraction of sp³-hybridized carbons (Fsp3) is 0.200. The molecule has 0 N–H and O–H groups in total. The van der Waals surface area contributed by atoms with Crippen molar-refractivity contribution in [3.8, 4) is 0 Å². The molecule has 20 aromatic carbocycles. The lowest BCUT2D eigenvalue weighted by Gasteiger charge is -2.14. The van der Waals surface area contributed by atoms with Crippen molar-refractivity contribution in [2.75, 3.05) is 0 Å². The second-order valence-electron chi connectivity index (χ2n) is 34.7. The first kappa shape index (κ1) is 85.4. The normalized spacial score (nSPS) is 11.3. The lowest BCUT2D eigenvalue weighted by Crippen LogP contribution is -1.92. The summed E-state index contributed by atoms with van der Waals surface area (Å²) in [4.78, 5) is 0. The molecular formula is C120H120. The van der Waals surface area contributed by atoms with Gasteiger partial charge in [0.15, 0.2) is 0 Å². The molecule has 0 aliphatic rings. The minimum Gasteiger partial charge on any atom is -0.0622 e. The van der Waals surface area contributed by atoms with Crippen LogP contribution >= 0.6 is 0 Å². The molecule has 20 aromatic rings. The Hall–Kier alpha value is -12.5. The zero-order valence-electron chi connectivity index (χ0n) is 73.6. The Balaban J connectivity index is 0.000000119. The Kier molecular flexibility index (Phi) is 28.7. The summed E-state index contributed by atoms with van der Waals surface area (Å²) in [5.41, 5.74) is 11.4. The average molecular weight is 1560 g/mol. The highest BCUT2D eigenvalue weighted by atomic mass is 14.2. The van der Waals surface area contributed by atoms with Crippen molar-refractivity contribution in [1.29, 1.82) is 0 Å². The van der Waals surface area contributed by atoms with Crippen LogP contribution in [0, 0.1) is 0 Å². The SMILES string of the molecule is CC(C)c1c2ccccc2cc2ccccc12.CC(C)c1ccc2c(ccc3ccccc32)c1.CC(C)c1ccc2cc3ccccc3cc2c1.CC(C)c1ccc2ccc3ccccc3c2c1.CC(C)c1ccc2ccccc2c1.CC(C)c1cccc2cc3ccccc3cc12.CC(C)c1cccc2ccccc12.CC(C)c1ccccc1. The summed E-state index contributed by atoms with van der Waals surface area (Å²) in [6.45, 7) is 35.8. The number of hydrogen-bond donors (Lipinski definition) is 0. The van der Waals surface area contributed by atoms with Crippen LogP contribution in [-0.4, -0.2) is 0 Å². The van der Waals surface area contributed by atoms with E-state index in [9.17, 15) is 0 Å². The monoisotopic (exact) mass is 1560 g/mol. The smallest absolute Gasteiger partial charge is 0.0103 e. The number of hydrogen-bond acceptors (Lipinski definition) is 0. The first-order chi connectivity index (χ1) is 58.1. The molecule has 0 amide bonds. The van der Waals surface area contributed by atoms with Crippen molar-refractivity contribution in [2.45, 2.75) is 158 Å². The third-order valence-corrected chi connectivity index (χ3v) is 23.4. The Bertz CT molecular complexity index is 6660. The molecule has 20 rings (SSSR count). The molecule has 0 aliphatic heterocycles. The molecule has 0 saturated heterocycles. The zero-order valence-corrected chi connectivity index (χ0v) is 73.6. The highest BCUT2D eigenvalue weighted by Gasteiger charge is 2.13. The van der Waals surface area contributed by atoms with Gasteiger partial charge in [-0.05, 0) is 251 Å². The van der Waals surface area contributed by atoms with Gasteiger partial charge in [-0.2, -0.15) is 0 Å².